The van der Waals surface area contributed by atoms with E-state index in [1.54, 1.807) is 0 Å². The summed E-state index contributed by atoms with van der Waals surface area (Å²) in [6.07, 6.45) is 0. The lowest BCUT2D eigenvalue weighted by atomic mass is 10.4. The quantitative estimate of drug-likeness (QED) is 0.507. The van der Waals surface area contributed by atoms with Crippen molar-refractivity contribution >= 4 is 6.47 Å². The van der Waals surface area contributed by atoms with Crippen molar-refractivity contribution in [2.24, 2.45) is 0 Å². The van der Waals surface area contributed by atoms with Gasteiger partial charge in [-0.05, 0) is 13.8 Å². The fraction of sp³-hybridized carbons (Fsp3) is 0.833. The number of ether oxygens (including phenoxy) is 2. The zero-order valence-electron chi connectivity index (χ0n) is 6.16. The van der Waals surface area contributed by atoms with Crippen molar-refractivity contribution in [1.29, 1.82) is 0 Å². The van der Waals surface area contributed by atoms with Gasteiger partial charge < -0.3 is 14.6 Å². The first-order valence-corrected chi connectivity index (χ1v) is 2.98. The van der Waals surface area contributed by atoms with Gasteiger partial charge >= 0.3 is 0 Å². The molecule has 0 spiro atoms. The first kappa shape index (κ1) is 9.39. The average molecular weight is 148 g/mol. The van der Waals surface area contributed by atoms with E-state index in [0.717, 1.165) is 13.2 Å². The molecule has 0 saturated carbocycles. The molecule has 0 bridgehead atoms. The minimum Gasteiger partial charge on any atom is -0.483 e. The van der Waals surface area contributed by atoms with Gasteiger partial charge in [-0.1, -0.05) is 0 Å². The average Bonchev–Trinajstić information content (AvgIpc) is 2.16. The fourth-order valence-corrected chi connectivity index (χ4v) is 0.617. The summed E-state index contributed by atoms with van der Waals surface area (Å²) in [4.78, 5) is 8.36. The second-order valence-corrected chi connectivity index (χ2v) is 2.20. The predicted molar refractivity (Wildman–Crippen MR) is 34.7 cm³/mol. The van der Waals surface area contributed by atoms with E-state index < -0.39 is 0 Å². The third-order valence-corrected chi connectivity index (χ3v) is 0.983. The van der Waals surface area contributed by atoms with E-state index in [-0.39, 0.29) is 12.3 Å². The first-order chi connectivity index (χ1) is 4.62. The van der Waals surface area contributed by atoms with E-state index in [2.05, 4.69) is 0 Å². The van der Waals surface area contributed by atoms with Crippen molar-refractivity contribution in [2.45, 2.75) is 19.6 Å². The van der Waals surface area contributed by atoms with E-state index in [4.69, 9.17) is 19.4 Å². The van der Waals surface area contributed by atoms with Gasteiger partial charge in [0.15, 0.2) is 5.79 Å². The molecule has 1 heterocycles. The zero-order chi connectivity index (χ0) is 8.04. The Morgan fingerprint density at radius 3 is 1.80 bits per heavy atom. The van der Waals surface area contributed by atoms with Crippen LogP contribution in [0.1, 0.15) is 13.8 Å². The molecule has 4 nitrogen and oxygen atoms in total. The highest BCUT2D eigenvalue weighted by Gasteiger charge is 2.23. The van der Waals surface area contributed by atoms with Gasteiger partial charge in [-0.3, -0.25) is 4.79 Å². The summed E-state index contributed by atoms with van der Waals surface area (Å²) in [6, 6.07) is 0. The standard InChI is InChI=1S/C5H10O2.CH2O2/c1-5(2)6-3-4-7-5;2-1-3/h3-4H2,1-2H3;1H,(H,2,3). The Morgan fingerprint density at radius 2 is 1.70 bits per heavy atom. The van der Waals surface area contributed by atoms with Crippen LogP contribution in [-0.4, -0.2) is 30.6 Å². The summed E-state index contributed by atoms with van der Waals surface area (Å²) in [5.41, 5.74) is 0. The largest absolute Gasteiger partial charge is 0.483 e. The van der Waals surface area contributed by atoms with E-state index in [0.29, 0.717) is 0 Å². The molecule has 0 radical (unpaired) electrons. The van der Waals surface area contributed by atoms with Gasteiger partial charge in [0.05, 0.1) is 13.2 Å². The highest BCUT2D eigenvalue weighted by Crippen LogP contribution is 2.15. The van der Waals surface area contributed by atoms with Crippen LogP contribution in [0.2, 0.25) is 0 Å². The summed E-state index contributed by atoms with van der Waals surface area (Å²) in [5.74, 6) is -0.306. The van der Waals surface area contributed by atoms with Gasteiger partial charge in [-0.15, -0.1) is 0 Å². The number of hydrogen-bond acceptors (Lipinski definition) is 3. The van der Waals surface area contributed by atoms with Crippen LogP contribution in [0.5, 0.6) is 0 Å². The second kappa shape index (κ2) is 4.24. The van der Waals surface area contributed by atoms with Crippen LogP contribution in [0.25, 0.3) is 0 Å². The Balaban J connectivity index is 0.000000236. The molecule has 0 aromatic rings. The van der Waals surface area contributed by atoms with Crippen molar-refractivity contribution in [3.8, 4) is 0 Å². The van der Waals surface area contributed by atoms with Crippen molar-refractivity contribution in [3.63, 3.8) is 0 Å². The summed E-state index contributed by atoms with van der Waals surface area (Å²) in [7, 11) is 0. The molecule has 1 saturated heterocycles. The second-order valence-electron chi connectivity index (χ2n) is 2.20. The van der Waals surface area contributed by atoms with E-state index in [9.17, 15) is 0 Å². The summed E-state index contributed by atoms with van der Waals surface area (Å²) >= 11 is 0. The molecule has 1 rings (SSSR count). The lowest BCUT2D eigenvalue weighted by Crippen LogP contribution is -2.18. The Morgan fingerprint density at radius 1 is 1.40 bits per heavy atom. The van der Waals surface area contributed by atoms with Crippen LogP contribution < -0.4 is 0 Å². The number of rotatable bonds is 0. The molecule has 1 N–H and O–H groups in total. The molecule has 4 heteroatoms. The summed E-state index contributed by atoms with van der Waals surface area (Å²) in [6.45, 7) is 5.07. The molecule has 0 aromatic heterocycles. The Bertz CT molecular complexity index is 91.9. The minimum atomic E-state index is -0.306. The number of hydrogen-bond donors (Lipinski definition) is 1. The molecular formula is C6H12O4. The maximum absolute atomic E-state index is 8.36. The number of carbonyl (C=O) groups is 1. The maximum atomic E-state index is 8.36. The molecule has 0 aromatic carbocycles. The van der Waals surface area contributed by atoms with Gasteiger partial charge in [-0.2, -0.15) is 0 Å². The molecule has 60 valence electrons. The third kappa shape index (κ3) is 4.29. The first-order valence-electron chi connectivity index (χ1n) is 2.98. The van der Waals surface area contributed by atoms with Crippen LogP contribution >= 0.6 is 0 Å². The Hall–Kier alpha value is -0.610. The molecule has 1 aliphatic heterocycles. The molecule has 0 atom stereocenters. The summed E-state index contributed by atoms with van der Waals surface area (Å²) < 4.78 is 10.2. The number of carboxylic acid groups (broad SMARTS) is 1. The molecule has 10 heavy (non-hydrogen) atoms. The van der Waals surface area contributed by atoms with E-state index in [1.165, 1.54) is 0 Å². The van der Waals surface area contributed by atoms with Crippen LogP contribution in [0.15, 0.2) is 0 Å². The SMILES string of the molecule is CC1(C)OCCO1.O=CO. The third-order valence-electron chi connectivity index (χ3n) is 0.983. The highest BCUT2D eigenvalue weighted by molar-refractivity contribution is 5.32. The Labute approximate surface area is 59.7 Å². The minimum absolute atomic E-state index is 0.250. The molecule has 0 aliphatic carbocycles. The van der Waals surface area contributed by atoms with E-state index >= 15 is 0 Å². The maximum Gasteiger partial charge on any atom is 0.290 e. The van der Waals surface area contributed by atoms with Crippen LogP contribution in [-0.2, 0) is 14.3 Å². The topological polar surface area (TPSA) is 55.8 Å². The zero-order valence-corrected chi connectivity index (χ0v) is 6.16. The predicted octanol–water partition coefficient (Wildman–Crippen LogP) is 0.470. The molecular weight excluding hydrogens is 136 g/mol. The van der Waals surface area contributed by atoms with Crippen molar-refractivity contribution in [2.75, 3.05) is 13.2 Å². The summed E-state index contributed by atoms with van der Waals surface area (Å²) in [5, 5.41) is 6.89. The van der Waals surface area contributed by atoms with Crippen molar-refractivity contribution < 1.29 is 19.4 Å². The molecule has 0 amide bonds. The van der Waals surface area contributed by atoms with Crippen molar-refractivity contribution in [1.82, 2.24) is 0 Å². The van der Waals surface area contributed by atoms with Crippen LogP contribution in [0, 0.1) is 0 Å². The lowest BCUT2D eigenvalue weighted by molar-refractivity contribution is -0.125. The van der Waals surface area contributed by atoms with Gasteiger partial charge in [0.25, 0.3) is 6.47 Å². The van der Waals surface area contributed by atoms with Gasteiger partial charge in [0.1, 0.15) is 0 Å². The lowest BCUT2D eigenvalue weighted by Gasteiger charge is -2.13. The molecule has 0 unspecified atom stereocenters. The molecule has 1 aliphatic rings. The van der Waals surface area contributed by atoms with Gasteiger partial charge in [0.2, 0.25) is 0 Å². The van der Waals surface area contributed by atoms with Crippen LogP contribution in [0.3, 0.4) is 0 Å². The normalized spacial score (nSPS) is 21.0. The van der Waals surface area contributed by atoms with E-state index in [1.807, 2.05) is 13.8 Å². The van der Waals surface area contributed by atoms with Crippen molar-refractivity contribution in [3.05, 3.63) is 0 Å². The fourth-order valence-electron chi connectivity index (χ4n) is 0.617. The smallest absolute Gasteiger partial charge is 0.290 e. The van der Waals surface area contributed by atoms with Crippen LogP contribution in [0.4, 0.5) is 0 Å². The Kier molecular flexibility index (Phi) is 3.99. The monoisotopic (exact) mass is 148 g/mol. The highest BCUT2D eigenvalue weighted by atomic mass is 16.7. The van der Waals surface area contributed by atoms with Gasteiger partial charge in [-0.25, -0.2) is 0 Å². The van der Waals surface area contributed by atoms with Gasteiger partial charge in [0, 0.05) is 0 Å². The molecule has 1 fully saturated rings.